The topological polar surface area (TPSA) is 112 Å². The lowest BCUT2D eigenvalue weighted by atomic mass is 10.1. The Balaban J connectivity index is 1.34. The minimum Gasteiger partial charge on any atom is -0.492 e. The second kappa shape index (κ2) is 14.9. The van der Waals surface area contributed by atoms with Gasteiger partial charge in [0.05, 0.1) is 0 Å². The zero-order chi connectivity index (χ0) is 30.8. The van der Waals surface area contributed by atoms with E-state index in [1.807, 2.05) is 11.0 Å². The highest BCUT2D eigenvalue weighted by Crippen LogP contribution is 2.28. The molecule has 3 aromatic rings. The molecular formula is C29H33F5N6O3. The van der Waals surface area contributed by atoms with Gasteiger partial charge in [-0.3, -0.25) is 4.90 Å². The number of aromatic nitrogens is 3. The van der Waals surface area contributed by atoms with Gasteiger partial charge in [0.1, 0.15) is 53.7 Å². The molecule has 0 unspecified atom stereocenters. The Morgan fingerprint density at radius 1 is 1.07 bits per heavy atom. The number of unbranched alkanes of at least 4 members (excludes halogenated alkanes) is 1. The fraction of sp³-hybridized carbons (Fsp3) is 0.448. The average Bonchev–Trinajstić information content (AvgIpc) is 2.96. The molecule has 1 aliphatic rings. The molecule has 2 aromatic heterocycles. The Bertz CT molecular complexity index is 1360. The highest BCUT2D eigenvalue weighted by molar-refractivity contribution is 5.76. The van der Waals surface area contributed by atoms with Crippen LogP contribution in [0.15, 0.2) is 42.7 Å². The molecule has 0 radical (unpaired) electrons. The SMILES string of the molecule is O=C(O)[C@H](CCN(CCCCc1ccc2c(n1)NCCC2)CCOc1cc(F)cc(F)c1)Nc1cc(C(F)(F)F)ncn1. The molecular weight excluding hydrogens is 575 g/mol. The molecule has 0 bridgehead atoms. The van der Waals surface area contributed by atoms with E-state index in [0.717, 1.165) is 74.7 Å². The van der Waals surface area contributed by atoms with Gasteiger partial charge >= 0.3 is 12.1 Å². The molecule has 0 aliphatic carbocycles. The summed E-state index contributed by atoms with van der Waals surface area (Å²) < 4.78 is 71.7. The van der Waals surface area contributed by atoms with E-state index in [1.165, 1.54) is 5.56 Å². The van der Waals surface area contributed by atoms with E-state index < -0.39 is 35.5 Å². The van der Waals surface area contributed by atoms with Crippen molar-refractivity contribution in [3.63, 3.8) is 0 Å². The van der Waals surface area contributed by atoms with Crippen LogP contribution in [-0.4, -0.2) is 69.8 Å². The number of rotatable bonds is 15. The predicted octanol–water partition coefficient (Wildman–Crippen LogP) is 5.19. The van der Waals surface area contributed by atoms with Crippen LogP contribution >= 0.6 is 0 Å². The van der Waals surface area contributed by atoms with Gasteiger partial charge in [-0.05, 0) is 56.7 Å². The first-order chi connectivity index (χ1) is 20.6. The lowest BCUT2D eigenvalue weighted by Gasteiger charge is -2.25. The Kier molecular flexibility index (Phi) is 11.0. The minimum atomic E-state index is -4.70. The summed E-state index contributed by atoms with van der Waals surface area (Å²) in [4.78, 5) is 25.5. The number of hydrogen-bond donors (Lipinski definition) is 3. The van der Waals surface area contributed by atoms with Crippen molar-refractivity contribution in [3.05, 3.63) is 71.3 Å². The molecule has 1 atom stereocenters. The molecule has 4 rings (SSSR count). The van der Waals surface area contributed by atoms with Crippen LogP contribution in [0, 0.1) is 11.6 Å². The number of carbonyl (C=O) groups is 1. The third-order valence-electron chi connectivity index (χ3n) is 6.93. The van der Waals surface area contributed by atoms with Crippen molar-refractivity contribution in [2.24, 2.45) is 0 Å². The van der Waals surface area contributed by atoms with Gasteiger partial charge in [-0.2, -0.15) is 13.2 Å². The number of fused-ring (bicyclic) bond motifs is 1. The zero-order valence-electron chi connectivity index (χ0n) is 23.3. The molecule has 1 aliphatic heterocycles. The van der Waals surface area contributed by atoms with Gasteiger partial charge < -0.3 is 20.5 Å². The number of aryl methyl sites for hydroxylation is 2. The molecule has 3 N–H and O–H groups in total. The normalized spacial score (nSPS) is 13.7. The van der Waals surface area contributed by atoms with Gasteiger partial charge in [0.25, 0.3) is 0 Å². The van der Waals surface area contributed by atoms with Crippen molar-refractivity contribution < 1.29 is 36.6 Å². The van der Waals surface area contributed by atoms with Crippen LogP contribution in [0.4, 0.5) is 33.6 Å². The van der Waals surface area contributed by atoms with Gasteiger partial charge in [-0.15, -0.1) is 0 Å². The van der Waals surface area contributed by atoms with Crippen molar-refractivity contribution in [1.82, 2.24) is 19.9 Å². The van der Waals surface area contributed by atoms with Gasteiger partial charge in [0.15, 0.2) is 0 Å². The Morgan fingerprint density at radius 3 is 2.60 bits per heavy atom. The van der Waals surface area contributed by atoms with E-state index in [2.05, 4.69) is 26.7 Å². The molecule has 0 amide bonds. The van der Waals surface area contributed by atoms with Crippen LogP contribution in [0.3, 0.4) is 0 Å². The molecule has 0 spiro atoms. The van der Waals surface area contributed by atoms with Crippen LogP contribution in [0.25, 0.3) is 0 Å². The molecule has 1 aromatic carbocycles. The van der Waals surface area contributed by atoms with Crippen LogP contribution < -0.4 is 15.4 Å². The van der Waals surface area contributed by atoms with Gasteiger partial charge in [-0.1, -0.05) is 6.07 Å². The summed E-state index contributed by atoms with van der Waals surface area (Å²) in [6.07, 6.45) is 0.424. The molecule has 232 valence electrons. The first-order valence-electron chi connectivity index (χ1n) is 14.0. The summed E-state index contributed by atoms with van der Waals surface area (Å²) >= 11 is 0. The summed E-state index contributed by atoms with van der Waals surface area (Å²) in [7, 11) is 0. The van der Waals surface area contributed by atoms with E-state index in [-0.39, 0.29) is 31.1 Å². The van der Waals surface area contributed by atoms with Gasteiger partial charge in [0, 0.05) is 49.6 Å². The van der Waals surface area contributed by atoms with Crippen molar-refractivity contribution in [2.45, 2.75) is 50.7 Å². The number of pyridine rings is 1. The summed E-state index contributed by atoms with van der Waals surface area (Å²) in [6, 6.07) is 6.41. The molecule has 14 heteroatoms. The van der Waals surface area contributed by atoms with E-state index in [4.69, 9.17) is 9.72 Å². The molecule has 3 heterocycles. The van der Waals surface area contributed by atoms with Crippen molar-refractivity contribution in [1.29, 1.82) is 0 Å². The molecule has 0 saturated carbocycles. The van der Waals surface area contributed by atoms with E-state index in [9.17, 15) is 31.9 Å². The van der Waals surface area contributed by atoms with E-state index >= 15 is 0 Å². The monoisotopic (exact) mass is 608 g/mol. The third-order valence-corrected chi connectivity index (χ3v) is 6.93. The Labute approximate surface area is 245 Å². The third kappa shape index (κ3) is 10.0. The summed E-state index contributed by atoms with van der Waals surface area (Å²) in [5.74, 6) is -2.11. The van der Waals surface area contributed by atoms with Crippen molar-refractivity contribution >= 4 is 17.6 Å². The maximum atomic E-state index is 13.5. The second-order valence-corrected chi connectivity index (χ2v) is 10.2. The number of carboxylic acid groups (broad SMARTS) is 1. The van der Waals surface area contributed by atoms with Crippen LogP contribution in [0.2, 0.25) is 0 Å². The number of carboxylic acids is 1. The lowest BCUT2D eigenvalue weighted by Crippen LogP contribution is -2.37. The van der Waals surface area contributed by atoms with Crippen LogP contribution in [0.1, 0.15) is 42.6 Å². The van der Waals surface area contributed by atoms with Crippen LogP contribution in [0.5, 0.6) is 5.75 Å². The number of benzene rings is 1. The number of halogens is 5. The number of hydrogen-bond acceptors (Lipinski definition) is 8. The first-order valence-corrected chi connectivity index (χ1v) is 14.0. The smallest absolute Gasteiger partial charge is 0.433 e. The molecule has 0 fully saturated rings. The summed E-state index contributed by atoms with van der Waals surface area (Å²) in [5.41, 5.74) is 0.984. The zero-order valence-corrected chi connectivity index (χ0v) is 23.3. The molecule has 9 nitrogen and oxygen atoms in total. The fourth-order valence-electron chi connectivity index (χ4n) is 4.73. The highest BCUT2D eigenvalue weighted by atomic mass is 19.4. The number of ether oxygens (including phenoxy) is 1. The predicted molar refractivity (Wildman–Crippen MR) is 149 cm³/mol. The van der Waals surface area contributed by atoms with Crippen molar-refractivity contribution in [3.8, 4) is 5.75 Å². The number of anilines is 2. The van der Waals surface area contributed by atoms with Gasteiger partial charge in [-0.25, -0.2) is 28.5 Å². The summed E-state index contributed by atoms with van der Waals surface area (Å²) in [6.45, 7) is 2.10. The quantitative estimate of drug-likeness (QED) is 0.159. The average molecular weight is 609 g/mol. The standard InChI is InChI=1S/C29H33F5N6O3/c30-20-14-21(31)16-23(15-20)43-13-12-40(10-2-1-5-22-7-6-19-4-3-9-35-27(19)38-22)11-8-24(28(41)42)39-26-17-25(29(32,33)34)36-18-37-26/h6-7,14-18,24H,1-5,8-13H2,(H,35,38)(H,41,42)(H,36,37,39)/t24-/m0/s1. The van der Waals surface area contributed by atoms with E-state index in [1.54, 1.807) is 0 Å². The fourth-order valence-corrected chi connectivity index (χ4v) is 4.73. The molecule has 43 heavy (non-hydrogen) atoms. The van der Waals surface area contributed by atoms with Gasteiger partial charge in [0.2, 0.25) is 0 Å². The maximum Gasteiger partial charge on any atom is 0.433 e. The summed E-state index contributed by atoms with van der Waals surface area (Å²) in [5, 5.41) is 15.6. The van der Waals surface area contributed by atoms with Crippen molar-refractivity contribution in [2.75, 3.05) is 43.4 Å². The number of nitrogens with one attached hydrogen (secondary N) is 2. The number of aliphatic carboxylic acids is 1. The second-order valence-electron chi connectivity index (χ2n) is 10.2. The Morgan fingerprint density at radius 2 is 1.86 bits per heavy atom. The minimum absolute atomic E-state index is 0.0267. The lowest BCUT2D eigenvalue weighted by molar-refractivity contribution is -0.141. The first kappa shape index (κ1) is 31.9. The largest absolute Gasteiger partial charge is 0.492 e. The number of nitrogens with zero attached hydrogens (tertiary/aromatic N) is 4. The van der Waals surface area contributed by atoms with E-state index in [0.29, 0.717) is 19.2 Å². The number of alkyl halides is 3. The highest BCUT2D eigenvalue weighted by Gasteiger charge is 2.33. The Hall–Kier alpha value is -4.07. The van der Waals surface area contributed by atoms with Crippen LogP contribution in [-0.2, 0) is 23.8 Å². The molecule has 0 saturated heterocycles. The maximum absolute atomic E-state index is 13.5.